The predicted molar refractivity (Wildman–Crippen MR) is 85.2 cm³/mol. The number of fused-ring (bicyclic) bond motifs is 1. The number of urea groups is 1. The Morgan fingerprint density at radius 2 is 2.00 bits per heavy atom. The smallest absolute Gasteiger partial charge is 0.320 e. The number of thiophene rings is 1. The molecule has 1 aromatic heterocycles. The lowest BCUT2D eigenvalue weighted by atomic mass is 9.96. The van der Waals surface area contributed by atoms with E-state index in [2.05, 4.69) is 10.6 Å². The molecular formula is C15H21N3O3S. The Hall–Kier alpha value is -1.60. The summed E-state index contributed by atoms with van der Waals surface area (Å²) in [7, 11) is 0. The zero-order valence-electron chi connectivity index (χ0n) is 12.4. The predicted octanol–water partition coefficient (Wildman–Crippen LogP) is 2.37. The number of hydrogen-bond donors (Lipinski definition) is 3. The molecule has 0 spiro atoms. The fraction of sp³-hybridized carbons (Fsp3) is 0.600. The monoisotopic (exact) mass is 323 g/mol. The maximum atomic E-state index is 12.2. The number of nitrogens with one attached hydrogen (secondary N) is 2. The number of hydrogen-bond acceptors (Lipinski definition) is 4. The highest BCUT2D eigenvalue weighted by Crippen LogP contribution is 2.36. The van der Waals surface area contributed by atoms with Crippen molar-refractivity contribution in [1.29, 1.82) is 0 Å². The van der Waals surface area contributed by atoms with E-state index in [0.29, 0.717) is 30.2 Å². The molecule has 1 saturated carbocycles. The quantitative estimate of drug-likeness (QED) is 0.797. The van der Waals surface area contributed by atoms with Crippen LogP contribution in [0.4, 0.5) is 9.80 Å². The van der Waals surface area contributed by atoms with Crippen LogP contribution in [-0.2, 0) is 17.8 Å². The van der Waals surface area contributed by atoms with Crippen molar-refractivity contribution in [3.05, 3.63) is 16.0 Å². The Kier molecular flexibility index (Phi) is 4.63. The number of amides is 3. The van der Waals surface area contributed by atoms with Crippen LogP contribution in [0, 0.1) is 0 Å². The minimum atomic E-state index is -0.493. The SMILES string of the molecule is NC(=O)c1c(NC(=O)NC2CCCCC2)sc2c1CCOC2. The molecule has 0 saturated heterocycles. The Morgan fingerprint density at radius 1 is 1.23 bits per heavy atom. The molecule has 6 nitrogen and oxygen atoms in total. The molecule has 0 atom stereocenters. The van der Waals surface area contributed by atoms with E-state index in [9.17, 15) is 9.59 Å². The van der Waals surface area contributed by atoms with Crippen molar-refractivity contribution in [1.82, 2.24) is 5.32 Å². The fourth-order valence-corrected chi connectivity index (χ4v) is 4.34. The molecule has 2 heterocycles. The Balaban J connectivity index is 1.72. The molecule has 0 bridgehead atoms. The van der Waals surface area contributed by atoms with Gasteiger partial charge in [-0.3, -0.25) is 10.1 Å². The average Bonchev–Trinajstić information content (AvgIpc) is 2.85. The van der Waals surface area contributed by atoms with Gasteiger partial charge in [0.1, 0.15) is 5.00 Å². The van der Waals surface area contributed by atoms with Gasteiger partial charge in [0.25, 0.3) is 5.91 Å². The third-order valence-electron chi connectivity index (χ3n) is 4.23. The second-order valence-corrected chi connectivity index (χ2v) is 6.91. The summed E-state index contributed by atoms with van der Waals surface area (Å²) in [4.78, 5) is 24.9. The fourth-order valence-electron chi connectivity index (χ4n) is 3.15. The molecule has 0 unspecified atom stereocenters. The zero-order valence-corrected chi connectivity index (χ0v) is 13.3. The molecular weight excluding hydrogens is 302 g/mol. The lowest BCUT2D eigenvalue weighted by molar-refractivity contribution is 0.0991. The van der Waals surface area contributed by atoms with Crippen molar-refractivity contribution in [3.8, 4) is 0 Å². The van der Waals surface area contributed by atoms with Crippen LogP contribution < -0.4 is 16.4 Å². The summed E-state index contributed by atoms with van der Waals surface area (Å²) in [6.07, 6.45) is 6.25. The molecule has 0 radical (unpaired) electrons. The number of carbonyl (C=O) groups is 2. The van der Waals surface area contributed by atoms with Gasteiger partial charge in [-0.05, 0) is 24.8 Å². The summed E-state index contributed by atoms with van der Waals surface area (Å²) in [6.45, 7) is 1.06. The summed E-state index contributed by atoms with van der Waals surface area (Å²) in [5.41, 5.74) is 6.87. The molecule has 1 aliphatic carbocycles. The van der Waals surface area contributed by atoms with Crippen LogP contribution in [-0.4, -0.2) is 24.6 Å². The van der Waals surface area contributed by atoms with E-state index in [1.54, 1.807) is 0 Å². The van der Waals surface area contributed by atoms with Gasteiger partial charge in [0.15, 0.2) is 0 Å². The van der Waals surface area contributed by atoms with E-state index in [0.717, 1.165) is 36.1 Å². The van der Waals surface area contributed by atoms with Gasteiger partial charge in [0, 0.05) is 10.9 Å². The lowest BCUT2D eigenvalue weighted by Crippen LogP contribution is -2.39. The number of primary amides is 1. The minimum absolute atomic E-state index is 0.226. The minimum Gasteiger partial charge on any atom is -0.376 e. The Bertz CT molecular complexity index is 579. The largest absolute Gasteiger partial charge is 0.376 e. The standard InChI is InChI=1S/C15H21N3O3S/c16-13(19)12-10-6-7-21-8-11(10)22-14(12)18-15(20)17-9-4-2-1-3-5-9/h9H,1-8H2,(H2,16,19)(H2,17,18,20). The molecule has 7 heteroatoms. The Morgan fingerprint density at radius 3 is 2.73 bits per heavy atom. The molecule has 1 fully saturated rings. The van der Waals surface area contributed by atoms with E-state index in [-0.39, 0.29) is 12.1 Å². The third kappa shape index (κ3) is 3.25. The van der Waals surface area contributed by atoms with Gasteiger partial charge in [-0.15, -0.1) is 11.3 Å². The van der Waals surface area contributed by atoms with Gasteiger partial charge in [-0.1, -0.05) is 19.3 Å². The van der Waals surface area contributed by atoms with Crippen molar-refractivity contribution >= 4 is 28.3 Å². The summed E-state index contributed by atoms with van der Waals surface area (Å²) in [5.74, 6) is -0.493. The molecule has 0 aromatic carbocycles. The van der Waals surface area contributed by atoms with Crippen molar-refractivity contribution < 1.29 is 14.3 Å². The van der Waals surface area contributed by atoms with Gasteiger partial charge in [0.05, 0.1) is 18.8 Å². The first-order valence-corrected chi connectivity index (χ1v) is 8.56. The molecule has 3 rings (SSSR count). The number of rotatable bonds is 3. The summed E-state index contributed by atoms with van der Waals surface area (Å²) >= 11 is 1.38. The van der Waals surface area contributed by atoms with Gasteiger partial charge >= 0.3 is 6.03 Å². The van der Waals surface area contributed by atoms with E-state index in [4.69, 9.17) is 10.5 Å². The maximum absolute atomic E-state index is 12.2. The van der Waals surface area contributed by atoms with Gasteiger partial charge < -0.3 is 15.8 Å². The molecule has 2 aliphatic rings. The van der Waals surface area contributed by atoms with E-state index < -0.39 is 5.91 Å². The van der Waals surface area contributed by atoms with Crippen LogP contribution in [0.2, 0.25) is 0 Å². The molecule has 120 valence electrons. The van der Waals surface area contributed by atoms with Crippen LogP contribution in [0.15, 0.2) is 0 Å². The normalized spacial score (nSPS) is 18.5. The summed E-state index contributed by atoms with van der Waals surface area (Å²) in [5, 5.41) is 6.33. The molecule has 1 aliphatic heterocycles. The van der Waals surface area contributed by atoms with Crippen LogP contribution >= 0.6 is 11.3 Å². The van der Waals surface area contributed by atoms with Crippen LogP contribution in [0.3, 0.4) is 0 Å². The van der Waals surface area contributed by atoms with Gasteiger partial charge in [0.2, 0.25) is 0 Å². The first-order valence-electron chi connectivity index (χ1n) is 7.74. The highest BCUT2D eigenvalue weighted by molar-refractivity contribution is 7.17. The maximum Gasteiger partial charge on any atom is 0.320 e. The van der Waals surface area contributed by atoms with Crippen molar-refractivity contribution in [2.75, 3.05) is 11.9 Å². The van der Waals surface area contributed by atoms with Crippen LogP contribution in [0.1, 0.15) is 52.9 Å². The third-order valence-corrected chi connectivity index (χ3v) is 5.36. The summed E-state index contributed by atoms with van der Waals surface area (Å²) < 4.78 is 5.40. The number of nitrogens with two attached hydrogens (primary N) is 1. The first-order chi connectivity index (χ1) is 10.6. The second-order valence-electron chi connectivity index (χ2n) is 5.81. The number of anilines is 1. The van der Waals surface area contributed by atoms with Gasteiger partial charge in [-0.25, -0.2) is 4.79 Å². The molecule has 22 heavy (non-hydrogen) atoms. The molecule has 3 amide bonds. The second kappa shape index (κ2) is 6.66. The molecule has 4 N–H and O–H groups in total. The van der Waals surface area contributed by atoms with Crippen molar-refractivity contribution in [2.45, 2.75) is 51.2 Å². The zero-order chi connectivity index (χ0) is 15.5. The topological polar surface area (TPSA) is 93.5 Å². The average molecular weight is 323 g/mol. The van der Waals surface area contributed by atoms with Crippen molar-refractivity contribution in [3.63, 3.8) is 0 Å². The first kappa shape index (κ1) is 15.3. The highest BCUT2D eigenvalue weighted by atomic mass is 32.1. The summed E-state index contributed by atoms with van der Waals surface area (Å²) in [6, 6.07) is -0.0300. The van der Waals surface area contributed by atoms with Crippen molar-refractivity contribution in [2.24, 2.45) is 5.73 Å². The van der Waals surface area contributed by atoms with E-state index in [1.807, 2.05) is 0 Å². The number of ether oxygens (including phenoxy) is 1. The number of carbonyl (C=O) groups excluding carboxylic acids is 2. The highest BCUT2D eigenvalue weighted by Gasteiger charge is 2.26. The lowest BCUT2D eigenvalue weighted by Gasteiger charge is -2.22. The Labute approximate surface area is 133 Å². The van der Waals surface area contributed by atoms with E-state index >= 15 is 0 Å². The van der Waals surface area contributed by atoms with E-state index in [1.165, 1.54) is 17.8 Å². The van der Waals surface area contributed by atoms with Crippen LogP contribution in [0.5, 0.6) is 0 Å². The van der Waals surface area contributed by atoms with Gasteiger partial charge in [-0.2, -0.15) is 0 Å². The van der Waals surface area contributed by atoms with Crippen LogP contribution in [0.25, 0.3) is 0 Å². The molecule has 1 aromatic rings.